The summed E-state index contributed by atoms with van der Waals surface area (Å²) in [7, 11) is 3.34. The Kier molecular flexibility index (Phi) is 5.76. The van der Waals surface area contributed by atoms with E-state index in [-0.39, 0.29) is 18.2 Å². The van der Waals surface area contributed by atoms with E-state index < -0.39 is 11.9 Å². The lowest BCUT2D eigenvalue weighted by Gasteiger charge is -2.22. The predicted octanol–water partition coefficient (Wildman–Crippen LogP) is 0.971. The van der Waals surface area contributed by atoms with Crippen LogP contribution in [0, 0.1) is 5.92 Å². The number of carbonyl (C=O) groups is 2. The Bertz CT molecular complexity index is 466. The first-order valence-corrected chi connectivity index (χ1v) is 6.66. The summed E-state index contributed by atoms with van der Waals surface area (Å²) >= 11 is 0. The lowest BCUT2D eigenvalue weighted by molar-refractivity contribution is -0.131. The molecule has 0 aliphatic rings. The molecule has 0 aliphatic heterocycles. The zero-order chi connectivity index (χ0) is 15.3. The first-order chi connectivity index (χ1) is 9.35. The molecule has 1 aromatic heterocycles. The summed E-state index contributed by atoms with van der Waals surface area (Å²) in [6.45, 7) is 4.24. The monoisotopic (exact) mass is 281 g/mol. The van der Waals surface area contributed by atoms with Gasteiger partial charge in [-0.15, -0.1) is 0 Å². The molecule has 6 nitrogen and oxygen atoms in total. The Hall–Kier alpha value is -1.82. The standard InChI is InChI=1S/C14H23N3O3/c1-9(2)7-11(14(19)17(3)4)16-13(18)12-6-5-10(8-15)20-12/h5-6,9,11H,7-8,15H2,1-4H3,(H,16,18). The molecule has 0 radical (unpaired) electrons. The fourth-order valence-corrected chi connectivity index (χ4v) is 1.84. The molecule has 1 atom stereocenters. The van der Waals surface area contributed by atoms with Crippen LogP contribution in [0.2, 0.25) is 0 Å². The highest BCUT2D eigenvalue weighted by molar-refractivity contribution is 5.95. The smallest absolute Gasteiger partial charge is 0.287 e. The first-order valence-electron chi connectivity index (χ1n) is 6.66. The average molecular weight is 281 g/mol. The van der Waals surface area contributed by atoms with Gasteiger partial charge in [0.25, 0.3) is 5.91 Å². The summed E-state index contributed by atoms with van der Waals surface area (Å²) in [5.74, 6) is 0.476. The highest BCUT2D eigenvalue weighted by Crippen LogP contribution is 2.10. The largest absolute Gasteiger partial charge is 0.455 e. The molecule has 20 heavy (non-hydrogen) atoms. The second-order valence-electron chi connectivity index (χ2n) is 5.36. The van der Waals surface area contributed by atoms with Gasteiger partial charge in [0.2, 0.25) is 5.91 Å². The molecule has 0 fully saturated rings. The topological polar surface area (TPSA) is 88.6 Å². The number of furan rings is 1. The zero-order valence-corrected chi connectivity index (χ0v) is 12.5. The highest BCUT2D eigenvalue weighted by Gasteiger charge is 2.24. The fourth-order valence-electron chi connectivity index (χ4n) is 1.84. The average Bonchev–Trinajstić information content (AvgIpc) is 2.85. The molecule has 6 heteroatoms. The minimum Gasteiger partial charge on any atom is -0.455 e. The van der Waals surface area contributed by atoms with Gasteiger partial charge in [0, 0.05) is 14.1 Å². The van der Waals surface area contributed by atoms with Gasteiger partial charge in [-0.05, 0) is 24.5 Å². The molecule has 0 saturated heterocycles. The van der Waals surface area contributed by atoms with E-state index in [0.29, 0.717) is 18.1 Å². The van der Waals surface area contributed by atoms with Crippen LogP contribution >= 0.6 is 0 Å². The van der Waals surface area contributed by atoms with Gasteiger partial charge in [0.05, 0.1) is 6.54 Å². The molecule has 1 aromatic rings. The van der Waals surface area contributed by atoms with E-state index in [4.69, 9.17) is 10.2 Å². The third kappa shape index (κ3) is 4.38. The Labute approximate surface area is 119 Å². The Morgan fingerprint density at radius 1 is 1.35 bits per heavy atom. The van der Waals surface area contributed by atoms with Crippen LogP contribution in [0.4, 0.5) is 0 Å². The van der Waals surface area contributed by atoms with Gasteiger partial charge >= 0.3 is 0 Å². The van der Waals surface area contributed by atoms with Crippen LogP contribution in [-0.2, 0) is 11.3 Å². The Morgan fingerprint density at radius 3 is 2.45 bits per heavy atom. The van der Waals surface area contributed by atoms with Crippen LogP contribution < -0.4 is 11.1 Å². The number of carbonyl (C=O) groups excluding carboxylic acids is 2. The Balaban J connectivity index is 2.78. The summed E-state index contributed by atoms with van der Waals surface area (Å²) in [5, 5.41) is 2.72. The van der Waals surface area contributed by atoms with Gasteiger partial charge in [-0.25, -0.2) is 0 Å². The van der Waals surface area contributed by atoms with E-state index in [2.05, 4.69) is 5.32 Å². The van der Waals surface area contributed by atoms with Crippen LogP contribution in [0.3, 0.4) is 0 Å². The second-order valence-corrected chi connectivity index (χ2v) is 5.36. The van der Waals surface area contributed by atoms with Crippen LogP contribution in [0.15, 0.2) is 16.5 Å². The molecule has 0 spiro atoms. The van der Waals surface area contributed by atoms with Crippen molar-refractivity contribution in [3.63, 3.8) is 0 Å². The molecule has 1 rings (SSSR count). The van der Waals surface area contributed by atoms with Gasteiger partial charge in [-0.1, -0.05) is 13.8 Å². The molecule has 0 aliphatic carbocycles. The quantitative estimate of drug-likeness (QED) is 0.813. The van der Waals surface area contributed by atoms with Gasteiger partial charge in [-0.3, -0.25) is 9.59 Å². The molecule has 112 valence electrons. The molecular weight excluding hydrogens is 258 g/mol. The van der Waals surface area contributed by atoms with E-state index in [1.807, 2.05) is 13.8 Å². The molecule has 0 saturated carbocycles. The van der Waals surface area contributed by atoms with Crippen molar-refractivity contribution in [2.75, 3.05) is 14.1 Å². The van der Waals surface area contributed by atoms with Crippen molar-refractivity contribution in [1.29, 1.82) is 0 Å². The fraction of sp³-hybridized carbons (Fsp3) is 0.571. The van der Waals surface area contributed by atoms with Crippen molar-refractivity contribution >= 4 is 11.8 Å². The summed E-state index contributed by atoms with van der Waals surface area (Å²) in [5.41, 5.74) is 5.43. The van der Waals surface area contributed by atoms with Gasteiger partial charge in [0.15, 0.2) is 5.76 Å². The summed E-state index contributed by atoms with van der Waals surface area (Å²) in [4.78, 5) is 25.6. The maximum absolute atomic E-state index is 12.1. The van der Waals surface area contributed by atoms with Crippen molar-refractivity contribution in [1.82, 2.24) is 10.2 Å². The van der Waals surface area contributed by atoms with Gasteiger partial charge in [-0.2, -0.15) is 0 Å². The molecule has 3 N–H and O–H groups in total. The lowest BCUT2D eigenvalue weighted by Crippen LogP contribution is -2.46. The normalized spacial score (nSPS) is 12.3. The van der Waals surface area contributed by atoms with Gasteiger partial charge < -0.3 is 20.4 Å². The highest BCUT2D eigenvalue weighted by atomic mass is 16.4. The van der Waals surface area contributed by atoms with Crippen LogP contribution in [0.25, 0.3) is 0 Å². The number of likely N-dealkylation sites (N-methyl/N-ethyl adjacent to an activating group) is 1. The second kappa shape index (κ2) is 7.09. The van der Waals surface area contributed by atoms with Crippen molar-refractivity contribution in [2.45, 2.75) is 32.9 Å². The number of nitrogens with two attached hydrogens (primary N) is 1. The van der Waals surface area contributed by atoms with Crippen LogP contribution in [0.5, 0.6) is 0 Å². The SMILES string of the molecule is CC(C)CC(NC(=O)c1ccc(CN)o1)C(=O)N(C)C. The lowest BCUT2D eigenvalue weighted by atomic mass is 10.0. The molecule has 1 heterocycles. The van der Waals surface area contributed by atoms with Gasteiger partial charge in [0.1, 0.15) is 11.8 Å². The number of nitrogens with one attached hydrogen (secondary N) is 1. The third-order valence-corrected chi connectivity index (χ3v) is 2.84. The number of rotatable bonds is 6. The maximum Gasteiger partial charge on any atom is 0.287 e. The molecular formula is C14H23N3O3. The molecule has 0 aromatic carbocycles. The van der Waals surface area contributed by atoms with Crippen molar-refractivity contribution < 1.29 is 14.0 Å². The minimum absolute atomic E-state index is 0.127. The predicted molar refractivity (Wildman–Crippen MR) is 76.0 cm³/mol. The maximum atomic E-state index is 12.1. The number of amides is 2. The van der Waals surface area contributed by atoms with E-state index in [1.165, 1.54) is 4.90 Å². The van der Waals surface area contributed by atoms with E-state index in [1.54, 1.807) is 26.2 Å². The number of hydrogen-bond acceptors (Lipinski definition) is 4. The van der Waals surface area contributed by atoms with Crippen LogP contribution in [-0.4, -0.2) is 36.9 Å². The van der Waals surface area contributed by atoms with Crippen molar-refractivity contribution in [3.8, 4) is 0 Å². The minimum atomic E-state index is -0.552. The van der Waals surface area contributed by atoms with E-state index >= 15 is 0 Å². The van der Waals surface area contributed by atoms with E-state index in [0.717, 1.165) is 0 Å². The molecule has 2 amide bonds. The third-order valence-electron chi connectivity index (χ3n) is 2.84. The molecule has 1 unspecified atom stereocenters. The summed E-state index contributed by atoms with van der Waals surface area (Å²) in [6.07, 6.45) is 0.577. The first kappa shape index (κ1) is 16.2. The van der Waals surface area contributed by atoms with E-state index in [9.17, 15) is 9.59 Å². The Morgan fingerprint density at radius 2 is 2.00 bits per heavy atom. The van der Waals surface area contributed by atoms with Crippen LogP contribution in [0.1, 0.15) is 36.6 Å². The van der Waals surface area contributed by atoms with Crippen molar-refractivity contribution in [2.24, 2.45) is 11.7 Å². The number of hydrogen-bond donors (Lipinski definition) is 2. The summed E-state index contributed by atoms with van der Waals surface area (Å²) < 4.78 is 5.28. The zero-order valence-electron chi connectivity index (χ0n) is 12.5. The summed E-state index contributed by atoms with van der Waals surface area (Å²) in [6, 6.07) is 2.66. The van der Waals surface area contributed by atoms with Crippen molar-refractivity contribution in [3.05, 3.63) is 23.7 Å². The molecule has 0 bridgehead atoms. The number of nitrogens with zero attached hydrogens (tertiary/aromatic N) is 1.